The molecule has 0 unspecified atom stereocenters. The number of piperidine rings is 1. The van der Waals surface area contributed by atoms with Crippen LogP contribution in [0.5, 0.6) is 0 Å². The average molecular weight is 299 g/mol. The highest BCUT2D eigenvalue weighted by Gasteiger charge is 2.29. The van der Waals surface area contributed by atoms with Gasteiger partial charge in [-0.1, -0.05) is 18.5 Å². The van der Waals surface area contributed by atoms with Gasteiger partial charge < -0.3 is 0 Å². The number of nitriles is 1. The summed E-state index contributed by atoms with van der Waals surface area (Å²) < 4.78 is 26.4. The zero-order chi connectivity index (χ0) is 14.0. The standard InChI is InChI=1S/C13H15ClN2O2S/c1-10-4-6-16(7-5-10)19(17,18)13-3-2-11(9-15)8-12(13)14/h2-3,8,10H,4-7H2,1H3. The molecule has 2 rings (SSSR count). The molecular weight excluding hydrogens is 284 g/mol. The Bertz CT molecular complexity index is 614. The van der Waals surface area contributed by atoms with Gasteiger partial charge in [0.05, 0.1) is 16.7 Å². The van der Waals surface area contributed by atoms with Gasteiger partial charge in [-0.05, 0) is 37.0 Å². The number of hydrogen-bond acceptors (Lipinski definition) is 3. The first-order valence-corrected chi connectivity index (χ1v) is 7.96. The second-order valence-electron chi connectivity index (χ2n) is 4.84. The van der Waals surface area contributed by atoms with E-state index in [4.69, 9.17) is 16.9 Å². The van der Waals surface area contributed by atoms with Crippen molar-refractivity contribution in [2.75, 3.05) is 13.1 Å². The van der Waals surface area contributed by atoms with E-state index in [-0.39, 0.29) is 9.92 Å². The van der Waals surface area contributed by atoms with Crippen LogP contribution in [0.1, 0.15) is 25.3 Å². The van der Waals surface area contributed by atoms with Crippen molar-refractivity contribution >= 4 is 21.6 Å². The fourth-order valence-electron chi connectivity index (χ4n) is 2.14. The maximum atomic E-state index is 12.5. The summed E-state index contributed by atoms with van der Waals surface area (Å²) in [5.74, 6) is 0.558. The van der Waals surface area contributed by atoms with Crippen molar-refractivity contribution in [1.29, 1.82) is 5.26 Å². The van der Waals surface area contributed by atoms with Gasteiger partial charge in [-0.15, -0.1) is 0 Å². The van der Waals surface area contributed by atoms with Crippen LogP contribution < -0.4 is 0 Å². The highest BCUT2D eigenvalue weighted by Crippen LogP contribution is 2.28. The van der Waals surface area contributed by atoms with E-state index < -0.39 is 10.0 Å². The Labute approximate surface area is 118 Å². The van der Waals surface area contributed by atoms with E-state index in [2.05, 4.69) is 6.92 Å². The zero-order valence-electron chi connectivity index (χ0n) is 10.6. The van der Waals surface area contributed by atoms with Gasteiger partial charge in [0.25, 0.3) is 0 Å². The van der Waals surface area contributed by atoms with Crippen molar-refractivity contribution in [2.24, 2.45) is 5.92 Å². The van der Waals surface area contributed by atoms with Crippen molar-refractivity contribution < 1.29 is 8.42 Å². The van der Waals surface area contributed by atoms with Crippen LogP contribution in [0.15, 0.2) is 23.1 Å². The lowest BCUT2D eigenvalue weighted by Gasteiger charge is -2.29. The molecule has 0 saturated carbocycles. The van der Waals surface area contributed by atoms with Crippen molar-refractivity contribution in [2.45, 2.75) is 24.7 Å². The van der Waals surface area contributed by atoms with Gasteiger partial charge in [-0.25, -0.2) is 8.42 Å². The number of benzene rings is 1. The van der Waals surface area contributed by atoms with Gasteiger partial charge in [-0.2, -0.15) is 9.57 Å². The fourth-order valence-corrected chi connectivity index (χ4v) is 4.13. The molecule has 6 heteroatoms. The van der Waals surface area contributed by atoms with E-state index in [1.165, 1.54) is 22.5 Å². The summed E-state index contributed by atoms with van der Waals surface area (Å²) in [5.41, 5.74) is 0.358. The smallest absolute Gasteiger partial charge is 0.207 e. The molecule has 4 nitrogen and oxygen atoms in total. The lowest BCUT2D eigenvalue weighted by atomic mass is 10.0. The van der Waals surface area contributed by atoms with E-state index >= 15 is 0 Å². The molecule has 0 spiro atoms. The summed E-state index contributed by atoms with van der Waals surface area (Å²) >= 11 is 5.98. The highest BCUT2D eigenvalue weighted by atomic mass is 35.5. The third-order valence-electron chi connectivity index (χ3n) is 3.42. The molecule has 1 aromatic rings. The van der Waals surface area contributed by atoms with Crippen LogP contribution in [0, 0.1) is 17.2 Å². The van der Waals surface area contributed by atoms with Crippen LogP contribution in [-0.4, -0.2) is 25.8 Å². The topological polar surface area (TPSA) is 61.2 Å². The lowest BCUT2D eigenvalue weighted by Crippen LogP contribution is -2.38. The first kappa shape index (κ1) is 14.3. The molecule has 19 heavy (non-hydrogen) atoms. The Morgan fingerprint density at radius 1 is 1.37 bits per heavy atom. The van der Waals surface area contributed by atoms with Crippen molar-refractivity contribution in [3.05, 3.63) is 28.8 Å². The number of halogens is 1. The Kier molecular flexibility index (Phi) is 4.14. The molecule has 0 aliphatic carbocycles. The van der Waals surface area contributed by atoms with Gasteiger partial charge in [0, 0.05) is 13.1 Å². The number of rotatable bonds is 2. The molecule has 0 atom stereocenters. The predicted octanol–water partition coefficient (Wildman–Crippen LogP) is 2.63. The largest absolute Gasteiger partial charge is 0.244 e. The lowest BCUT2D eigenvalue weighted by molar-refractivity contribution is 0.288. The molecule has 0 bridgehead atoms. The molecule has 0 N–H and O–H groups in total. The van der Waals surface area contributed by atoms with Crippen molar-refractivity contribution in [1.82, 2.24) is 4.31 Å². The van der Waals surface area contributed by atoms with Gasteiger partial charge in [0.15, 0.2) is 0 Å². The Morgan fingerprint density at radius 2 is 2.00 bits per heavy atom. The third kappa shape index (κ3) is 2.92. The summed E-state index contributed by atoms with van der Waals surface area (Å²) in [5, 5.41) is 8.87. The average Bonchev–Trinajstić information content (AvgIpc) is 2.38. The SMILES string of the molecule is CC1CCN(S(=O)(=O)c2ccc(C#N)cc2Cl)CC1. The maximum absolute atomic E-state index is 12.5. The summed E-state index contributed by atoms with van der Waals surface area (Å²) in [6.07, 6.45) is 1.74. The predicted molar refractivity (Wildman–Crippen MR) is 73.3 cm³/mol. The summed E-state index contributed by atoms with van der Waals surface area (Å²) in [6.45, 7) is 3.18. The minimum absolute atomic E-state index is 0.0859. The quantitative estimate of drug-likeness (QED) is 0.843. The number of hydrogen-bond donors (Lipinski definition) is 0. The molecule has 1 aliphatic rings. The van der Waals surface area contributed by atoms with Gasteiger partial charge in [-0.3, -0.25) is 0 Å². The Morgan fingerprint density at radius 3 is 2.53 bits per heavy atom. The third-order valence-corrected chi connectivity index (χ3v) is 5.80. The molecular formula is C13H15ClN2O2S. The van der Waals surface area contributed by atoms with Crippen LogP contribution in [0.3, 0.4) is 0 Å². The minimum Gasteiger partial charge on any atom is -0.207 e. The molecule has 1 saturated heterocycles. The minimum atomic E-state index is -3.55. The molecule has 0 amide bonds. The van der Waals surface area contributed by atoms with Crippen LogP contribution in [0.2, 0.25) is 5.02 Å². The first-order valence-electron chi connectivity index (χ1n) is 6.15. The second-order valence-corrected chi connectivity index (χ2v) is 7.16. The summed E-state index contributed by atoms with van der Waals surface area (Å²) in [7, 11) is -3.55. The molecule has 0 radical (unpaired) electrons. The van der Waals surface area contributed by atoms with E-state index in [0.29, 0.717) is 24.6 Å². The zero-order valence-corrected chi connectivity index (χ0v) is 12.2. The Hall–Kier alpha value is -1.09. The van der Waals surface area contributed by atoms with E-state index in [1.54, 1.807) is 0 Å². The van der Waals surface area contributed by atoms with Crippen molar-refractivity contribution in [3.63, 3.8) is 0 Å². The second kappa shape index (κ2) is 5.49. The van der Waals surface area contributed by atoms with Gasteiger partial charge >= 0.3 is 0 Å². The van der Waals surface area contributed by atoms with Crippen molar-refractivity contribution in [3.8, 4) is 6.07 Å². The monoisotopic (exact) mass is 298 g/mol. The van der Waals surface area contributed by atoms with E-state index in [9.17, 15) is 8.42 Å². The molecule has 0 aromatic heterocycles. The molecule has 1 heterocycles. The molecule has 1 fully saturated rings. The van der Waals surface area contributed by atoms with Crippen LogP contribution in [0.25, 0.3) is 0 Å². The summed E-state index contributed by atoms with van der Waals surface area (Å²) in [4.78, 5) is 0.0859. The first-order chi connectivity index (χ1) is 8.95. The normalized spacial score (nSPS) is 18.2. The molecule has 1 aliphatic heterocycles. The fraction of sp³-hybridized carbons (Fsp3) is 0.462. The molecule has 1 aromatic carbocycles. The molecule has 102 valence electrons. The number of sulfonamides is 1. The number of nitrogens with zero attached hydrogens (tertiary/aromatic N) is 2. The van der Waals surface area contributed by atoms with Gasteiger partial charge in [0.1, 0.15) is 4.90 Å². The Balaban J connectivity index is 2.32. The highest BCUT2D eigenvalue weighted by molar-refractivity contribution is 7.89. The van der Waals surface area contributed by atoms with Crippen LogP contribution in [0.4, 0.5) is 0 Å². The van der Waals surface area contributed by atoms with E-state index in [1.807, 2.05) is 6.07 Å². The van der Waals surface area contributed by atoms with E-state index in [0.717, 1.165) is 12.8 Å². The maximum Gasteiger partial charge on any atom is 0.244 e. The summed E-state index contributed by atoms with van der Waals surface area (Å²) in [6, 6.07) is 6.22. The van der Waals surface area contributed by atoms with Gasteiger partial charge in [0.2, 0.25) is 10.0 Å². The van der Waals surface area contributed by atoms with Crippen LogP contribution in [-0.2, 0) is 10.0 Å². The van der Waals surface area contributed by atoms with Crippen LogP contribution >= 0.6 is 11.6 Å².